The summed E-state index contributed by atoms with van der Waals surface area (Å²) in [5.41, 5.74) is 11.4. The highest BCUT2D eigenvalue weighted by Gasteiger charge is 2.46. The molecule has 11 atom stereocenters. The van der Waals surface area contributed by atoms with Crippen molar-refractivity contribution in [3.63, 3.8) is 0 Å². The molecule has 0 bridgehead atoms. The van der Waals surface area contributed by atoms with E-state index in [1.54, 1.807) is 0 Å². The fourth-order valence-electron chi connectivity index (χ4n) is 2.91. The van der Waals surface area contributed by atoms with Gasteiger partial charge in [0, 0.05) is 0 Å². The third kappa shape index (κ3) is 5.34. The van der Waals surface area contributed by atoms with E-state index in [0.717, 1.165) is 6.42 Å². The van der Waals surface area contributed by atoms with Crippen LogP contribution in [0.1, 0.15) is 20.3 Å². The molecule has 0 amide bonds. The summed E-state index contributed by atoms with van der Waals surface area (Å²) in [6.45, 7) is 3.56. The van der Waals surface area contributed by atoms with Crippen molar-refractivity contribution in [3.8, 4) is 0 Å². The minimum absolute atomic E-state index is 0.0364. The first-order valence-corrected chi connectivity index (χ1v) is 9.13. The lowest BCUT2D eigenvalue weighted by Crippen LogP contribution is -2.64. The lowest BCUT2D eigenvalue weighted by molar-refractivity contribution is -0.296. The molecular formula is C16H32N2O9. The summed E-state index contributed by atoms with van der Waals surface area (Å²) >= 11 is 0. The van der Waals surface area contributed by atoms with Crippen LogP contribution in [0, 0.1) is 0 Å². The van der Waals surface area contributed by atoms with Crippen molar-refractivity contribution in [2.24, 2.45) is 11.5 Å². The van der Waals surface area contributed by atoms with Gasteiger partial charge in [-0.1, -0.05) is 6.92 Å². The molecule has 27 heavy (non-hydrogen) atoms. The third-order valence-corrected chi connectivity index (χ3v) is 5.06. The Kier molecular flexibility index (Phi) is 8.34. The Balaban J connectivity index is 1.93. The van der Waals surface area contributed by atoms with Gasteiger partial charge in [-0.15, -0.1) is 0 Å². The van der Waals surface area contributed by atoms with E-state index < -0.39 is 61.3 Å². The summed E-state index contributed by atoms with van der Waals surface area (Å²) in [5, 5.41) is 49.8. The van der Waals surface area contributed by atoms with E-state index in [9.17, 15) is 25.5 Å². The molecule has 0 saturated carbocycles. The standard InChI is InChI=1S/C16H32N2O9/c1-3-6(2)24-4-8-12(20)14(22)10(18)16(27-8)25-5-7-11(19)13(21)9(17)15(23)26-7/h6-16,19-23H,3-5,17-18H2,1-2H3/t6?,7?,8?,9?,10?,11-,12-,13?,14?,15+,16-/m1/s1. The van der Waals surface area contributed by atoms with Crippen molar-refractivity contribution in [2.45, 2.75) is 87.7 Å². The number of rotatable bonds is 7. The highest BCUT2D eigenvalue weighted by Crippen LogP contribution is 2.24. The number of hydrogen-bond acceptors (Lipinski definition) is 11. The molecule has 2 aliphatic heterocycles. The minimum Gasteiger partial charge on any atom is -0.388 e. The van der Waals surface area contributed by atoms with Crippen LogP contribution in [0.25, 0.3) is 0 Å². The predicted octanol–water partition coefficient (Wildman–Crippen LogP) is -3.64. The lowest BCUT2D eigenvalue weighted by atomic mass is 9.97. The quantitative estimate of drug-likeness (QED) is 0.225. The van der Waals surface area contributed by atoms with E-state index in [1.807, 2.05) is 13.8 Å². The first kappa shape index (κ1) is 22.8. The summed E-state index contributed by atoms with van der Waals surface area (Å²) < 4.78 is 21.8. The zero-order chi connectivity index (χ0) is 20.3. The van der Waals surface area contributed by atoms with Gasteiger partial charge in [0.1, 0.15) is 36.6 Å². The molecular weight excluding hydrogens is 364 g/mol. The third-order valence-electron chi connectivity index (χ3n) is 5.06. The van der Waals surface area contributed by atoms with Gasteiger partial charge in [-0.25, -0.2) is 0 Å². The van der Waals surface area contributed by atoms with Gasteiger partial charge in [0.25, 0.3) is 0 Å². The maximum Gasteiger partial charge on any atom is 0.175 e. The number of ether oxygens (including phenoxy) is 4. The van der Waals surface area contributed by atoms with Crippen molar-refractivity contribution in [2.75, 3.05) is 13.2 Å². The molecule has 11 heteroatoms. The van der Waals surface area contributed by atoms with Crippen LogP contribution in [0.5, 0.6) is 0 Å². The Morgan fingerprint density at radius 3 is 2.00 bits per heavy atom. The van der Waals surface area contributed by atoms with E-state index >= 15 is 0 Å². The van der Waals surface area contributed by atoms with Crippen LogP contribution in [-0.4, -0.2) is 106 Å². The first-order chi connectivity index (χ1) is 12.7. The van der Waals surface area contributed by atoms with Crippen LogP contribution >= 0.6 is 0 Å². The highest BCUT2D eigenvalue weighted by atomic mass is 16.7. The molecule has 0 aliphatic carbocycles. The van der Waals surface area contributed by atoms with Gasteiger partial charge in [-0.3, -0.25) is 0 Å². The second-order valence-corrected chi connectivity index (χ2v) is 7.11. The Morgan fingerprint density at radius 2 is 1.41 bits per heavy atom. The summed E-state index contributed by atoms with van der Waals surface area (Å²) in [5.74, 6) is 0. The number of aliphatic hydroxyl groups excluding tert-OH is 5. The molecule has 0 aromatic carbocycles. The van der Waals surface area contributed by atoms with Gasteiger partial charge >= 0.3 is 0 Å². The summed E-state index contributed by atoms with van der Waals surface area (Å²) in [7, 11) is 0. The van der Waals surface area contributed by atoms with Crippen LogP contribution in [0.3, 0.4) is 0 Å². The molecule has 0 aromatic heterocycles. The molecule has 0 radical (unpaired) electrons. The summed E-state index contributed by atoms with van der Waals surface area (Å²) in [6, 6.07) is -2.21. The largest absolute Gasteiger partial charge is 0.388 e. The monoisotopic (exact) mass is 396 g/mol. The van der Waals surface area contributed by atoms with Crippen molar-refractivity contribution in [3.05, 3.63) is 0 Å². The van der Waals surface area contributed by atoms with Crippen molar-refractivity contribution in [1.29, 1.82) is 0 Å². The zero-order valence-electron chi connectivity index (χ0n) is 15.5. The van der Waals surface area contributed by atoms with Crippen molar-refractivity contribution in [1.82, 2.24) is 0 Å². The molecule has 7 unspecified atom stereocenters. The molecule has 2 saturated heterocycles. The first-order valence-electron chi connectivity index (χ1n) is 9.13. The molecule has 11 nitrogen and oxygen atoms in total. The minimum atomic E-state index is -1.47. The SMILES string of the molecule is CCC(C)OCC1O[C@@H](OCC2O[C@H](O)C(N)C(O)[C@@H]2O)C(N)C(O)[C@@H]1O. The van der Waals surface area contributed by atoms with Gasteiger partial charge in [0.05, 0.1) is 31.4 Å². The maximum absolute atomic E-state index is 10.1. The number of hydrogen-bond donors (Lipinski definition) is 7. The molecule has 9 N–H and O–H groups in total. The van der Waals surface area contributed by atoms with Gasteiger partial charge in [0.2, 0.25) is 0 Å². The molecule has 2 rings (SSSR count). The molecule has 2 heterocycles. The fourth-order valence-corrected chi connectivity index (χ4v) is 2.91. The summed E-state index contributed by atoms with van der Waals surface area (Å²) in [4.78, 5) is 0. The Hall–Kier alpha value is -0.440. The molecule has 2 fully saturated rings. The number of nitrogens with two attached hydrogens (primary N) is 2. The molecule has 0 aromatic rings. The average Bonchev–Trinajstić information content (AvgIpc) is 2.66. The van der Waals surface area contributed by atoms with E-state index in [2.05, 4.69) is 0 Å². The second kappa shape index (κ2) is 9.85. The Bertz CT molecular complexity index is 460. The van der Waals surface area contributed by atoms with E-state index in [4.69, 9.17) is 30.4 Å². The van der Waals surface area contributed by atoms with Crippen LogP contribution in [-0.2, 0) is 18.9 Å². The average molecular weight is 396 g/mol. The number of aliphatic hydroxyl groups is 5. The van der Waals surface area contributed by atoms with Gasteiger partial charge in [-0.2, -0.15) is 0 Å². The van der Waals surface area contributed by atoms with Gasteiger partial charge in [-0.05, 0) is 13.3 Å². The summed E-state index contributed by atoms with van der Waals surface area (Å²) in [6.07, 6.45) is -9.14. The van der Waals surface area contributed by atoms with Crippen LogP contribution in [0.2, 0.25) is 0 Å². The van der Waals surface area contributed by atoms with E-state index in [0.29, 0.717) is 0 Å². The van der Waals surface area contributed by atoms with Gasteiger partial charge in [0.15, 0.2) is 12.6 Å². The lowest BCUT2D eigenvalue weighted by Gasteiger charge is -2.43. The Morgan fingerprint density at radius 1 is 0.852 bits per heavy atom. The molecule has 0 spiro atoms. The van der Waals surface area contributed by atoms with Gasteiger partial charge < -0.3 is 55.9 Å². The van der Waals surface area contributed by atoms with Crippen molar-refractivity contribution < 1.29 is 44.5 Å². The second-order valence-electron chi connectivity index (χ2n) is 7.11. The smallest absolute Gasteiger partial charge is 0.175 e. The van der Waals surface area contributed by atoms with Crippen LogP contribution in [0.4, 0.5) is 0 Å². The molecule has 2 aliphatic rings. The van der Waals surface area contributed by atoms with E-state index in [-0.39, 0.29) is 19.3 Å². The van der Waals surface area contributed by atoms with Crippen molar-refractivity contribution >= 4 is 0 Å². The van der Waals surface area contributed by atoms with Crippen LogP contribution < -0.4 is 11.5 Å². The predicted molar refractivity (Wildman–Crippen MR) is 91.2 cm³/mol. The molecule has 160 valence electrons. The maximum atomic E-state index is 10.1. The fraction of sp³-hybridized carbons (Fsp3) is 1.00. The highest BCUT2D eigenvalue weighted by molar-refractivity contribution is 4.93. The Labute approximate surface area is 157 Å². The topological polar surface area (TPSA) is 190 Å². The zero-order valence-corrected chi connectivity index (χ0v) is 15.5. The van der Waals surface area contributed by atoms with E-state index in [1.165, 1.54) is 0 Å². The normalized spacial score (nSPS) is 47.0. The van der Waals surface area contributed by atoms with Crippen LogP contribution in [0.15, 0.2) is 0 Å².